The van der Waals surface area contributed by atoms with Crippen LogP contribution in [0.1, 0.15) is 32.6 Å². The minimum absolute atomic E-state index is 0.221. The van der Waals surface area contributed by atoms with Gasteiger partial charge in [0.25, 0.3) is 0 Å². The third-order valence-corrected chi connectivity index (χ3v) is 6.84. The van der Waals surface area contributed by atoms with Gasteiger partial charge in [-0.25, -0.2) is 0 Å². The molecule has 0 aromatic heterocycles. The van der Waals surface area contributed by atoms with Crippen LogP contribution in [0.2, 0.25) is 0 Å². The summed E-state index contributed by atoms with van der Waals surface area (Å²) >= 11 is 1.64. The minimum Gasteiger partial charge on any atom is -0.162 e. The van der Waals surface area contributed by atoms with Crippen molar-refractivity contribution in [3.05, 3.63) is 48.5 Å². The van der Waals surface area contributed by atoms with Crippen molar-refractivity contribution in [2.45, 2.75) is 52.2 Å². The molecule has 0 radical (unpaired) electrons. The van der Waals surface area contributed by atoms with Crippen LogP contribution >= 0.6 is 11.8 Å². The van der Waals surface area contributed by atoms with Gasteiger partial charge in [-0.05, 0) is 30.7 Å². The summed E-state index contributed by atoms with van der Waals surface area (Å²) in [5, 5.41) is 0. The lowest BCUT2D eigenvalue weighted by Gasteiger charge is -2.17. The molecule has 1 aliphatic rings. The highest BCUT2D eigenvalue weighted by Gasteiger charge is 2.37. The van der Waals surface area contributed by atoms with E-state index in [-0.39, 0.29) is 11.2 Å². The van der Waals surface area contributed by atoms with E-state index in [0.29, 0.717) is 0 Å². The first-order valence-corrected chi connectivity index (χ1v) is 9.60. The van der Waals surface area contributed by atoms with E-state index in [4.69, 9.17) is 4.18 Å². The SMILES string of the molecule is CCCCCCO[S+]1c2ccccc2Sc2ccccc21. The number of rotatable bonds is 6. The van der Waals surface area contributed by atoms with Crippen LogP contribution in [0.15, 0.2) is 68.1 Å². The Bertz CT molecular complexity index is 552. The average molecular weight is 317 g/mol. The normalized spacial score (nSPS) is 13.8. The van der Waals surface area contributed by atoms with Crippen molar-refractivity contribution in [3.63, 3.8) is 0 Å². The van der Waals surface area contributed by atoms with Crippen LogP contribution in [-0.4, -0.2) is 6.61 Å². The van der Waals surface area contributed by atoms with Crippen LogP contribution in [0.25, 0.3) is 0 Å². The summed E-state index contributed by atoms with van der Waals surface area (Å²) in [6.07, 6.45) is 5.01. The summed E-state index contributed by atoms with van der Waals surface area (Å²) in [5.41, 5.74) is 0. The molecule has 0 N–H and O–H groups in total. The molecular weight excluding hydrogens is 296 g/mol. The van der Waals surface area contributed by atoms with Gasteiger partial charge in [0.05, 0.1) is 9.79 Å². The number of fused-ring (bicyclic) bond motifs is 2. The molecule has 0 atom stereocenters. The Labute approximate surface area is 134 Å². The minimum atomic E-state index is -0.221. The van der Waals surface area contributed by atoms with Gasteiger partial charge < -0.3 is 0 Å². The fourth-order valence-corrected chi connectivity index (χ4v) is 5.66. The highest BCUT2D eigenvalue weighted by molar-refractivity contribution is 8.02. The molecule has 110 valence electrons. The molecule has 0 bridgehead atoms. The summed E-state index contributed by atoms with van der Waals surface area (Å²) in [6.45, 7) is 3.10. The number of unbranched alkanes of at least 4 members (excludes halogenated alkanes) is 3. The van der Waals surface area contributed by atoms with Gasteiger partial charge in [-0.2, -0.15) is 4.18 Å². The monoisotopic (exact) mass is 317 g/mol. The molecular formula is C18H21OS2+. The van der Waals surface area contributed by atoms with Gasteiger partial charge in [0.15, 0.2) is 0 Å². The molecule has 21 heavy (non-hydrogen) atoms. The molecule has 2 aromatic carbocycles. The zero-order valence-electron chi connectivity index (χ0n) is 12.4. The van der Waals surface area contributed by atoms with Crippen LogP contribution in [0.4, 0.5) is 0 Å². The number of hydrogen-bond acceptors (Lipinski definition) is 2. The van der Waals surface area contributed by atoms with E-state index in [0.717, 1.165) is 13.0 Å². The maximum atomic E-state index is 6.30. The molecule has 0 amide bonds. The predicted octanol–water partition coefficient (Wildman–Crippen LogP) is 5.70. The Morgan fingerprint density at radius 3 is 2.10 bits per heavy atom. The largest absolute Gasteiger partial charge is 0.225 e. The smallest absolute Gasteiger partial charge is 0.162 e. The predicted molar refractivity (Wildman–Crippen MR) is 91.0 cm³/mol. The Hall–Kier alpha value is -0.900. The van der Waals surface area contributed by atoms with Crippen LogP contribution in [-0.2, 0) is 15.4 Å². The second-order valence-corrected chi connectivity index (χ2v) is 7.88. The molecule has 1 aliphatic heterocycles. The van der Waals surface area contributed by atoms with Gasteiger partial charge in [-0.1, -0.05) is 62.2 Å². The van der Waals surface area contributed by atoms with Crippen molar-refractivity contribution in [1.29, 1.82) is 0 Å². The van der Waals surface area contributed by atoms with E-state index in [1.54, 1.807) is 0 Å². The Morgan fingerprint density at radius 1 is 0.857 bits per heavy atom. The molecule has 0 spiro atoms. The van der Waals surface area contributed by atoms with E-state index >= 15 is 0 Å². The summed E-state index contributed by atoms with van der Waals surface area (Å²) in [4.78, 5) is 5.37. The lowest BCUT2D eigenvalue weighted by atomic mass is 10.2. The van der Waals surface area contributed by atoms with Gasteiger partial charge >= 0.3 is 0 Å². The van der Waals surface area contributed by atoms with E-state index in [1.807, 2.05) is 11.8 Å². The Kier molecular flexibility index (Phi) is 5.28. The lowest BCUT2D eigenvalue weighted by Crippen LogP contribution is -2.14. The van der Waals surface area contributed by atoms with Crippen molar-refractivity contribution in [1.82, 2.24) is 0 Å². The third-order valence-electron chi connectivity index (χ3n) is 3.52. The first-order valence-electron chi connectivity index (χ1n) is 7.63. The molecule has 0 saturated carbocycles. The molecule has 1 heterocycles. The van der Waals surface area contributed by atoms with Crippen molar-refractivity contribution in [2.75, 3.05) is 6.61 Å². The fraction of sp³-hybridized carbons (Fsp3) is 0.333. The van der Waals surface area contributed by atoms with Gasteiger partial charge in [-0.15, -0.1) is 0 Å². The van der Waals surface area contributed by atoms with Crippen molar-refractivity contribution in [3.8, 4) is 0 Å². The maximum Gasteiger partial charge on any atom is 0.225 e. The van der Waals surface area contributed by atoms with Gasteiger partial charge in [0.2, 0.25) is 21.0 Å². The van der Waals surface area contributed by atoms with E-state index < -0.39 is 0 Å². The van der Waals surface area contributed by atoms with Gasteiger partial charge in [-0.3, -0.25) is 0 Å². The molecule has 3 heteroatoms. The zero-order valence-corrected chi connectivity index (χ0v) is 14.0. The van der Waals surface area contributed by atoms with E-state index in [2.05, 4.69) is 55.5 Å². The van der Waals surface area contributed by atoms with Gasteiger partial charge in [0, 0.05) is 0 Å². The van der Waals surface area contributed by atoms with Crippen LogP contribution in [0.3, 0.4) is 0 Å². The fourth-order valence-electron chi connectivity index (χ4n) is 2.41. The highest BCUT2D eigenvalue weighted by atomic mass is 32.2. The van der Waals surface area contributed by atoms with Crippen molar-refractivity contribution < 1.29 is 4.18 Å². The Morgan fingerprint density at radius 2 is 1.48 bits per heavy atom. The van der Waals surface area contributed by atoms with E-state index in [9.17, 15) is 0 Å². The van der Waals surface area contributed by atoms with E-state index in [1.165, 1.54) is 38.8 Å². The second-order valence-electron chi connectivity index (χ2n) is 5.15. The molecule has 0 fully saturated rings. The Balaban J connectivity index is 1.78. The summed E-state index contributed by atoms with van der Waals surface area (Å²) in [5.74, 6) is 0. The van der Waals surface area contributed by atoms with Gasteiger partial charge in [0.1, 0.15) is 6.61 Å². The molecule has 0 saturated heterocycles. The molecule has 1 nitrogen and oxygen atoms in total. The van der Waals surface area contributed by atoms with Crippen LogP contribution in [0, 0.1) is 0 Å². The topological polar surface area (TPSA) is 9.23 Å². The number of benzene rings is 2. The lowest BCUT2D eigenvalue weighted by molar-refractivity contribution is 0.343. The summed E-state index contributed by atoms with van der Waals surface area (Å²) < 4.78 is 6.30. The quantitative estimate of drug-likeness (QED) is 0.499. The van der Waals surface area contributed by atoms with Crippen molar-refractivity contribution in [2.24, 2.45) is 0 Å². The summed E-state index contributed by atoms with van der Waals surface area (Å²) in [6, 6.07) is 17.3. The third kappa shape index (κ3) is 3.47. The first kappa shape index (κ1) is 15.0. The molecule has 2 aromatic rings. The molecule has 0 aliphatic carbocycles. The standard InChI is InChI=1S/C18H21OS2/c1-2-3-4-9-14-19-21-17-12-7-5-10-15(17)20-16-11-6-8-13-18(16)21/h5-8,10-13H,2-4,9,14H2,1H3/q+1. The van der Waals surface area contributed by atoms with Crippen LogP contribution in [0.5, 0.6) is 0 Å². The highest BCUT2D eigenvalue weighted by Crippen LogP contribution is 2.45. The number of hydrogen-bond donors (Lipinski definition) is 0. The first-order chi connectivity index (χ1) is 10.4. The maximum absolute atomic E-state index is 6.30. The summed E-state index contributed by atoms with van der Waals surface area (Å²) in [7, 11) is 0. The molecule has 3 rings (SSSR count). The second kappa shape index (κ2) is 7.39. The van der Waals surface area contributed by atoms with Crippen molar-refractivity contribution >= 4 is 22.9 Å². The average Bonchev–Trinajstić information content (AvgIpc) is 2.53. The molecule has 0 unspecified atom stereocenters. The zero-order chi connectivity index (χ0) is 14.5. The van der Waals surface area contributed by atoms with Crippen LogP contribution < -0.4 is 0 Å².